The van der Waals surface area contributed by atoms with E-state index < -0.39 is 4.92 Å². The summed E-state index contributed by atoms with van der Waals surface area (Å²) in [5, 5.41) is 13.9. The fourth-order valence-electron chi connectivity index (χ4n) is 2.47. The normalized spacial score (nSPS) is 21.6. The molecule has 1 saturated carbocycles. The maximum absolute atomic E-state index is 12.2. The van der Waals surface area contributed by atoms with Crippen LogP contribution in [0.3, 0.4) is 0 Å². The first kappa shape index (κ1) is 15.8. The molecular weight excluding hydrogens is 340 g/mol. The molecule has 0 heterocycles. The van der Waals surface area contributed by atoms with Crippen LogP contribution in [-0.4, -0.2) is 28.8 Å². The van der Waals surface area contributed by atoms with Gasteiger partial charge in [0.05, 0.1) is 12.0 Å². The summed E-state index contributed by atoms with van der Waals surface area (Å²) in [5.74, 6) is -0.148. The van der Waals surface area contributed by atoms with Crippen LogP contribution in [0.1, 0.15) is 36.0 Å². The molecule has 0 aliphatic heterocycles. The molecule has 1 aromatic rings. The number of nitro benzene ring substituents is 1. The van der Waals surface area contributed by atoms with E-state index >= 15 is 0 Å². The fraction of sp³-hybridized carbons (Fsp3) is 0.500. The Morgan fingerprint density at radius 2 is 2.14 bits per heavy atom. The van der Waals surface area contributed by atoms with Gasteiger partial charge in [0.2, 0.25) is 0 Å². The van der Waals surface area contributed by atoms with E-state index in [4.69, 9.17) is 4.74 Å². The van der Waals surface area contributed by atoms with Gasteiger partial charge >= 0.3 is 5.69 Å². The first-order valence-corrected chi connectivity index (χ1v) is 7.72. The number of nitrogens with one attached hydrogen (secondary N) is 1. The summed E-state index contributed by atoms with van der Waals surface area (Å²) in [6, 6.07) is 4.29. The molecule has 0 spiro atoms. The van der Waals surface area contributed by atoms with E-state index in [-0.39, 0.29) is 33.8 Å². The molecule has 1 fully saturated rings. The lowest BCUT2D eigenvalue weighted by Gasteiger charge is -2.28. The number of alkyl halides is 1. The lowest BCUT2D eigenvalue weighted by Crippen LogP contribution is -2.42. The van der Waals surface area contributed by atoms with Crippen LogP contribution in [-0.2, 0) is 0 Å². The highest BCUT2D eigenvalue weighted by Crippen LogP contribution is 2.28. The predicted molar refractivity (Wildman–Crippen MR) is 82.1 cm³/mol. The van der Waals surface area contributed by atoms with Gasteiger partial charge in [0.15, 0.2) is 5.75 Å². The Morgan fingerprint density at radius 3 is 2.76 bits per heavy atom. The summed E-state index contributed by atoms with van der Waals surface area (Å²) in [6.07, 6.45) is 4.17. The van der Waals surface area contributed by atoms with Crippen LogP contribution in [0.5, 0.6) is 5.75 Å². The molecule has 1 aromatic carbocycles. The minimum absolute atomic E-state index is 0.0624. The molecule has 0 radical (unpaired) electrons. The quantitative estimate of drug-likeness (QED) is 0.510. The molecule has 7 heteroatoms. The third-order valence-electron chi connectivity index (χ3n) is 3.64. The van der Waals surface area contributed by atoms with Crippen molar-refractivity contribution in [3.05, 3.63) is 33.9 Å². The molecule has 0 saturated heterocycles. The molecule has 114 valence electrons. The summed E-state index contributed by atoms with van der Waals surface area (Å²) < 4.78 is 4.93. The number of ether oxygens (including phenoxy) is 1. The lowest BCUT2D eigenvalue weighted by molar-refractivity contribution is -0.385. The molecule has 2 rings (SSSR count). The number of hydrogen-bond acceptors (Lipinski definition) is 4. The molecule has 6 nitrogen and oxygen atoms in total. The summed E-state index contributed by atoms with van der Waals surface area (Å²) in [4.78, 5) is 22.9. The van der Waals surface area contributed by atoms with Crippen molar-refractivity contribution >= 4 is 27.5 Å². The van der Waals surface area contributed by atoms with Gasteiger partial charge in [0.25, 0.3) is 5.91 Å². The van der Waals surface area contributed by atoms with Gasteiger partial charge in [-0.3, -0.25) is 14.9 Å². The number of amides is 1. The number of nitro groups is 1. The Labute approximate surface area is 131 Å². The lowest BCUT2D eigenvalue weighted by atomic mass is 9.95. The van der Waals surface area contributed by atoms with Crippen molar-refractivity contribution < 1.29 is 14.5 Å². The van der Waals surface area contributed by atoms with Crippen molar-refractivity contribution in [1.82, 2.24) is 5.32 Å². The zero-order chi connectivity index (χ0) is 15.4. The van der Waals surface area contributed by atoms with Crippen molar-refractivity contribution in [2.75, 3.05) is 7.11 Å². The molecular formula is C14H17BrN2O4. The smallest absolute Gasteiger partial charge is 0.311 e. The number of nitrogens with zero attached hydrogens (tertiary/aromatic N) is 1. The molecule has 1 amide bonds. The molecule has 0 aromatic heterocycles. The maximum Gasteiger partial charge on any atom is 0.311 e. The molecule has 1 aliphatic rings. The van der Waals surface area contributed by atoms with E-state index in [1.54, 1.807) is 0 Å². The van der Waals surface area contributed by atoms with Gasteiger partial charge in [-0.1, -0.05) is 28.8 Å². The van der Waals surface area contributed by atoms with Gasteiger partial charge in [0.1, 0.15) is 0 Å². The zero-order valence-electron chi connectivity index (χ0n) is 11.7. The van der Waals surface area contributed by atoms with Crippen LogP contribution >= 0.6 is 15.9 Å². The van der Waals surface area contributed by atoms with Gasteiger partial charge in [-0.05, 0) is 25.0 Å². The van der Waals surface area contributed by atoms with Gasteiger partial charge in [-0.25, -0.2) is 0 Å². The minimum Gasteiger partial charge on any atom is -0.490 e. The van der Waals surface area contributed by atoms with Crippen LogP contribution in [0.25, 0.3) is 0 Å². The average molecular weight is 357 g/mol. The number of carbonyl (C=O) groups excluding carboxylic acids is 1. The maximum atomic E-state index is 12.2. The number of methoxy groups -OCH3 is 1. The van der Waals surface area contributed by atoms with Crippen molar-refractivity contribution in [3.8, 4) is 5.75 Å². The highest BCUT2D eigenvalue weighted by Gasteiger charge is 2.25. The minimum atomic E-state index is -0.552. The molecule has 1 N–H and O–H groups in total. The van der Waals surface area contributed by atoms with Crippen molar-refractivity contribution in [1.29, 1.82) is 0 Å². The third kappa shape index (κ3) is 3.72. The van der Waals surface area contributed by atoms with E-state index in [2.05, 4.69) is 21.2 Å². The molecule has 1 aliphatic carbocycles. The summed E-state index contributed by atoms with van der Waals surface area (Å²) >= 11 is 3.57. The Balaban J connectivity index is 2.15. The molecule has 21 heavy (non-hydrogen) atoms. The van der Waals surface area contributed by atoms with Crippen molar-refractivity contribution in [3.63, 3.8) is 0 Å². The molecule has 2 unspecified atom stereocenters. The Morgan fingerprint density at radius 1 is 1.43 bits per heavy atom. The summed E-state index contributed by atoms with van der Waals surface area (Å²) in [7, 11) is 1.36. The third-order valence-corrected chi connectivity index (χ3v) is 4.73. The van der Waals surface area contributed by atoms with Gasteiger partial charge in [0, 0.05) is 22.5 Å². The number of carbonyl (C=O) groups is 1. The molecule has 2 atom stereocenters. The van der Waals surface area contributed by atoms with Gasteiger partial charge < -0.3 is 10.1 Å². The van der Waals surface area contributed by atoms with Crippen LogP contribution in [0.2, 0.25) is 0 Å². The van der Waals surface area contributed by atoms with E-state index in [0.29, 0.717) is 0 Å². The van der Waals surface area contributed by atoms with Crippen molar-refractivity contribution in [2.45, 2.75) is 36.6 Å². The van der Waals surface area contributed by atoms with Crippen molar-refractivity contribution in [2.24, 2.45) is 0 Å². The largest absolute Gasteiger partial charge is 0.490 e. The highest BCUT2D eigenvalue weighted by atomic mass is 79.9. The van der Waals surface area contributed by atoms with Crippen LogP contribution in [0.15, 0.2) is 18.2 Å². The standard InChI is InChI=1S/C14H17BrN2O4/c1-21-13-7-6-9(8-12(13)17(19)20)14(18)16-11-5-3-2-4-10(11)15/h6-8,10-11H,2-5H2,1H3,(H,16,18). The Hall–Kier alpha value is -1.63. The monoisotopic (exact) mass is 356 g/mol. The summed E-state index contributed by atoms with van der Waals surface area (Å²) in [5.41, 5.74) is 0.0666. The summed E-state index contributed by atoms with van der Waals surface area (Å²) in [6.45, 7) is 0. The van der Waals surface area contributed by atoms with Crippen LogP contribution in [0.4, 0.5) is 5.69 Å². The van der Waals surface area contributed by atoms with Gasteiger partial charge in [-0.15, -0.1) is 0 Å². The van der Waals surface area contributed by atoms with E-state index in [9.17, 15) is 14.9 Å². The number of halogens is 1. The molecule has 0 bridgehead atoms. The second-order valence-electron chi connectivity index (χ2n) is 5.02. The first-order chi connectivity index (χ1) is 10.0. The van der Waals surface area contributed by atoms with Gasteiger partial charge in [-0.2, -0.15) is 0 Å². The number of rotatable bonds is 4. The Kier molecular flexibility index (Phi) is 5.17. The van der Waals surface area contributed by atoms with E-state index in [1.807, 2.05) is 0 Å². The number of hydrogen-bond donors (Lipinski definition) is 1. The second-order valence-corrected chi connectivity index (χ2v) is 6.20. The fourth-order valence-corrected chi connectivity index (χ4v) is 3.19. The SMILES string of the molecule is COc1ccc(C(=O)NC2CCCCC2Br)cc1[N+](=O)[O-]. The predicted octanol–water partition coefficient (Wildman–Crippen LogP) is 3.04. The van der Waals surface area contributed by atoms with E-state index in [1.165, 1.54) is 25.3 Å². The second kappa shape index (κ2) is 6.89. The highest BCUT2D eigenvalue weighted by molar-refractivity contribution is 9.09. The Bertz CT molecular complexity index is 550. The zero-order valence-corrected chi connectivity index (χ0v) is 13.3. The topological polar surface area (TPSA) is 81.5 Å². The van der Waals surface area contributed by atoms with E-state index in [0.717, 1.165) is 25.7 Å². The van der Waals surface area contributed by atoms with Crippen LogP contribution < -0.4 is 10.1 Å². The first-order valence-electron chi connectivity index (χ1n) is 6.80. The average Bonchev–Trinajstić information content (AvgIpc) is 2.48. The van der Waals surface area contributed by atoms with Crippen LogP contribution in [0, 0.1) is 10.1 Å². The number of benzene rings is 1.